The maximum absolute atomic E-state index is 13.9. The fourth-order valence-electron chi connectivity index (χ4n) is 1.64. The first-order valence-corrected chi connectivity index (χ1v) is 5.72. The molecule has 0 amide bonds. The predicted molar refractivity (Wildman–Crippen MR) is 68.9 cm³/mol. The zero-order chi connectivity index (χ0) is 12.1. The third kappa shape index (κ3) is 3.25. The van der Waals surface area contributed by atoms with Gasteiger partial charge in [-0.25, -0.2) is 4.39 Å². The van der Waals surface area contributed by atoms with Gasteiger partial charge in [0.1, 0.15) is 10.8 Å². The summed E-state index contributed by atoms with van der Waals surface area (Å²) in [5.41, 5.74) is 6.42. The van der Waals surface area contributed by atoms with Gasteiger partial charge in [0.05, 0.1) is 0 Å². The first-order valence-electron chi connectivity index (χ1n) is 5.32. The van der Waals surface area contributed by atoms with Crippen molar-refractivity contribution in [1.82, 2.24) is 4.90 Å². The number of hydrogen-bond acceptors (Lipinski definition) is 2. The van der Waals surface area contributed by atoms with Gasteiger partial charge < -0.3 is 10.6 Å². The fourth-order valence-corrected chi connectivity index (χ4v) is 1.80. The Morgan fingerprint density at radius 2 is 2.19 bits per heavy atom. The van der Waals surface area contributed by atoms with Crippen molar-refractivity contribution < 1.29 is 4.39 Å². The van der Waals surface area contributed by atoms with E-state index in [2.05, 4.69) is 11.8 Å². The number of thiocarbonyl (C=S) groups is 1. The summed E-state index contributed by atoms with van der Waals surface area (Å²) in [5.74, 6) is -0.294. The van der Waals surface area contributed by atoms with E-state index in [1.165, 1.54) is 0 Å². The minimum absolute atomic E-state index is 0.109. The molecule has 0 bridgehead atoms. The van der Waals surface area contributed by atoms with Crippen molar-refractivity contribution in [1.29, 1.82) is 0 Å². The smallest absolute Gasteiger partial charge is 0.137 e. The molecule has 0 aliphatic carbocycles. The van der Waals surface area contributed by atoms with Crippen LogP contribution in [0.25, 0.3) is 0 Å². The molecule has 2 N–H and O–H groups in total. The first-order chi connectivity index (χ1) is 7.56. The van der Waals surface area contributed by atoms with E-state index in [0.29, 0.717) is 17.7 Å². The summed E-state index contributed by atoms with van der Waals surface area (Å²) in [6, 6.07) is 5.16. The standard InChI is InChI=1S/C12H17FN2S/c1-3-7-15(2)8-9-5-4-6-10(11(9)13)12(14)16/h4-6H,3,7-8H2,1-2H3,(H2,14,16). The van der Waals surface area contributed by atoms with Crippen molar-refractivity contribution in [3.05, 3.63) is 35.1 Å². The van der Waals surface area contributed by atoms with Crippen molar-refractivity contribution in [3.63, 3.8) is 0 Å². The molecule has 2 nitrogen and oxygen atoms in total. The van der Waals surface area contributed by atoms with Crippen LogP contribution in [0.2, 0.25) is 0 Å². The molecule has 0 saturated heterocycles. The zero-order valence-corrected chi connectivity index (χ0v) is 10.5. The normalized spacial score (nSPS) is 10.8. The Morgan fingerprint density at radius 1 is 1.50 bits per heavy atom. The van der Waals surface area contributed by atoms with Crippen molar-refractivity contribution in [2.24, 2.45) is 5.73 Å². The third-order valence-electron chi connectivity index (χ3n) is 2.39. The Labute approximate surface area is 101 Å². The van der Waals surface area contributed by atoms with Crippen LogP contribution in [-0.4, -0.2) is 23.5 Å². The molecular weight excluding hydrogens is 223 g/mol. The molecule has 0 radical (unpaired) electrons. The summed E-state index contributed by atoms with van der Waals surface area (Å²) < 4.78 is 13.9. The molecule has 0 aliphatic rings. The predicted octanol–water partition coefficient (Wildman–Crippen LogP) is 2.30. The lowest BCUT2D eigenvalue weighted by Crippen LogP contribution is -2.20. The second kappa shape index (κ2) is 5.92. The molecule has 0 spiro atoms. The van der Waals surface area contributed by atoms with E-state index in [9.17, 15) is 4.39 Å². The van der Waals surface area contributed by atoms with Gasteiger partial charge >= 0.3 is 0 Å². The van der Waals surface area contributed by atoms with Crippen LogP contribution in [0, 0.1) is 5.82 Å². The lowest BCUT2D eigenvalue weighted by atomic mass is 10.1. The maximum atomic E-state index is 13.9. The van der Waals surface area contributed by atoms with Gasteiger partial charge in [0, 0.05) is 17.7 Å². The van der Waals surface area contributed by atoms with E-state index in [4.69, 9.17) is 18.0 Å². The van der Waals surface area contributed by atoms with Crippen molar-refractivity contribution >= 4 is 17.2 Å². The highest BCUT2D eigenvalue weighted by molar-refractivity contribution is 7.80. The van der Waals surface area contributed by atoms with Crippen molar-refractivity contribution in [2.45, 2.75) is 19.9 Å². The summed E-state index contributed by atoms with van der Waals surface area (Å²) in [7, 11) is 1.97. The molecule has 0 heterocycles. The molecule has 0 atom stereocenters. The number of rotatable bonds is 5. The van der Waals surface area contributed by atoms with Crippen LogP contribution in [0.4, 0.5) is 4.39 Å². The number of halogens is 1. The second-order valence-corrected chi connectivity index (χ2v) is 4.32. The summed E-state index contributed by atoms with van der Waals surface area (Å²) in [5, 5.41) is 0. The Balaban J connectivity index is 2.89. The molecule has 1 rings (SSSR count). The highest BCUT2D eigenvalue weighted by Gasteiger charge is 2.11. The Kier molecular flexibility index (Phi) is 4.83. The third-order valence-corrected chi connectivity index (χ3v) is 2.61. The number of hydrogen-bond donors (Lipinski definition) is 1. The van der Waals surface area contributed by atoms with Crippen LogP contribution in [0.5, 0.6) is 0 Å². The Morgan fingerprint density at radius 3 is 2.75 bits per heavy atom. The Bertz CT molecular complexity index is 379. The van der Waals surface area contributed by atoms with Crippen LogP contribution in [0.1, 0.15) is 24.5 Å². The largest absolute Gasteiger partial charge is 0.389 e. The van der Waals surface area contributed by atoms with E-state index in [1.54, 1.807) is 18.2 Å². The lowest BCUT2D eigenvalue weighted by Gasteiger charge is -2.16. The zero-order valence-electron chi connectivity index (χ0n) is 9.66. The number of nitrogens with zero attached hydrogens (tertiary/aromatic N) is 1. The van der Waals surface area contributed by atoms with Crippen LogP contribution in [0.15, 0.2) is 18.2 Å². The number of nitrogens with two attached hydrogens (primary N) is 1. The molecule has 4 heteroatoms. The summed E-state index contributed by atoms with van der Waals surface area (Å²) in [4.78, 5) is 2.18. The molecule has 1 aromatic rings. The van der Waals surface area contributed by atoms with Gasteiger partial charge in [0.25, 0.3) is 0 Å². The molecule has 0 fully saturated rings. The molecular formula is C12H17FN2S. The van der Waals surface area contributed by atoms with Crippen molar-refractivity contribution in [3.8, 4) is 0 Å². The van der Waals surface area contributed by atoms with Gasteiger partial charge in [0.15, 0.2) is 0 Å². The average molecular weight is 240 g/mol. The van der Waals surface area contributed by atoms with Crippen molar-refractivity contribution in [2.75, 3.05) is 13.6 Å². The second-order valence-electron chi connectivity index (χ2n) is 3.88. The average Bonchev–Trinajstić information content (AvgIpc) is 2.21. The maximum Gasteiger partial charge on any atom is 0.137 e. The molecule has 0 aliphatic heterocycles. The summed E-state index contributed by atoms with van der Waals surface area (Å²) in [6.07, 6.45) is 1.05. The molecule has 16 heavy (non-hydrogen) atoms. The summed E-state index contributed by atoms with van der Waals surface area (Å²) in [6.45, 7) is 3.62. The van der Waals surface area contributed by atoms with E-state index < -0.39 is 0 Å². The molecule has 88 valence electrons. The van der Waals surface area contributed by atoms with E-state index in [0.717, 1.165) is 13.0 Å². The van der Waals surface area contributed by atoms with Crippen LogP contribution < -0.4 is 5.73 Å². The molecule has 0 saturated carbocycles. The minimum atomic E-state index is -0.294. The monoisotopic (exact) mass is 240 g/mol. The van der Waals surface area contributed by atoms with Gasteiger partial charge in [-0.15, -0.1) is 0 Å². The van der Waals surface area contributed by atoms with Crippen LogP contribution >= 0.6 is 12.2 Å². The first kappa shape index (κ1) is 13.1. The van der Waals surface area contributed by atoms with E-state index in [1.807, 2.05) is 7.05 Å². The molecule has 0 aromatic heterocycles. The highest BCUT2D eigenvalue weighted by atomic mass is 32.1. The lowest BCUT2D eigenvalue weighted by molar-refractivity contribution is 0.322. The fraction of sp³-hybridized carbons (Fsp3) is 0.417. The molecule has 0 unspecified atom stereocenters. The van der Waals surface area contributed by atoms with E-state index in [-0.39, 0.29) is 10.8 Å². The van der Waals surface area contributed by atoms with Gasteiger partial charge in [0.2, 0.25) is 0 Å². The minimum Gasteiger partial charge on any atom is -0.389 e. The quantitative estimate of drug-likeness (QED) is 0.801. The van der Waals surface area contributed by atoms with Gasteiger partial charge in [-0.05, 0) is 26.1 Å². The van der Waals surface area contributed by atoms with Gasteiger partial charge in [-0.2, -0.15) is 0 Å². The molecule has 1 aromatic carbocycles. The number of benzene rings is 1. The highest BCUT2D eigenvalue weighted by Crippen LogP contribution is 2.14. The van der Waals surface area contributed by atoms with Crippen LogP contribution in [0.3, 0.4) is 0 Å². The summed E-state index contributed by atoms with van der Waals surface area (Å²) >= 11 is 4.80. The van der Waals surface area contributed by atoms with Gasteiger partial charge in [-0.1, -0.05) is 31.3 Å². The Hall–Kier alpha value is -1.00. The SMILES string of the molecule is CCCN(C)Cc1cccc(C(N)=S)c1F. The van der Waals surface area contributed by atoms with Gasteiger partial charge in [-0.3, -0.25) is 0 Å². The van der Waals surface area contributed by atoms with E-state index >= 15 is 0 Å². The van der Waals surface area contributed by atoms with Crippen LogP contribution in [-0.2, 0) is 6.54 Å². The topological polar surface area (TPSA) is 29.3 Å².